The third-order valence-corrected chi connectivity index (χ3v) is 6.54. The largest absolute Gasteiger partial charge is 0.360 e. The number of carbonyl (C=O) groups is 2. The van der Waals surface area contributed by atoms with Crippen molar-refractivity contribution in [2.45, 2.75) is 25.5 Å². The summed E-state index contributed by atoms with van der Waals surface area (Å²) in [6, 6.07) is 6.92. The van der Waals surface area contributed by atoms with Gasteiger partial charge in [0, 0.05) is 33.6 Å². The summed E-state index contributed by atoms with van der Waals surface area (Å²) in [5.74, 6) is 0.575. The molecule has 0 saturated carbocycles. The molecule has 158 valence electrons. The van der Waals surface area contributed by atoms with Gasteiger partial charge < -0.3 is 15.2 Å². The van der Waals surface area contributed by atoms with Gasteiger partial charge in [-0.15, -0.1) is 23.1 Å². The average Bonchev–Trinajstić information content (AvgIpc) is 3.31. The van der Waals surface area contributed by atoms with E-state index in [2.05, 4.69) is 20.8 Å². The number of aryl methyl sites for hydroxylation is 1. The predicted octanol–water partition coefficient (Wildman–Crippen LogP) is 5.04. The minimum atomic E-state index is -0.440. The van der Waals surface area contributed by atoms with Crippen LogP contribution in [0.5, 0.6) is 0 Å². The summed E-state index contributed by atoms with van der Waals surface area (Å²) in [5, 5.41) is 10.4. The van der Waals surface area contributed by atoms with Crippen molar-refractivity contribution in [2.24, 2.45) is 0 Å². The number of anilines is 2. The lowest BCUT2D eigenvalue weighted by molar-refractivity contribution is -0.115. The Morgan fingerprint density at radius 2 is 2.07 bits per heavy atom. The van der Waals surface area contributed by atoms with E-state index < -0.39 is 5.25 Å². The van der Waals surface area contributed by atoms with Gasteiger partial charge in [0.25, 0.3) is 0 Å². The number of amides is 2. The summed E-state index contributed by atoms with van der Waals surface area (Å²) >= 11 is 14.8. The fraction of sp³-hybridized carbons (Fsp3) is 0.263. The van der Waals surface area contributed by atoms with Crippen molar-refractivity contribution in [3.05, 3.63) is 56.7 Å². The molecule has 0 aliphatic heterocycles. The van der Waals surface area contributed by atoms with Gasteiger partial charge in [-0.2, -0.15) is 0 Å². The van der Waals surface area contributed by atoms with E-state index in [4.69, 9.17) is 27.7 Å². The van der Waals surface area contributed by atoms with E-state index in [-0.39, 0.29) is 17.6 Å². The van der Waals surface area contributed by atoms with Gasteiger partial charge in [-0.1, -0.05) is 28.4 Å². The molecule has 3 aromatic rings. The highest BCUT2D eigenvalue weighted by Gasteiger charge is 2.17. The van der Waals surface area contributed by atoms with E-state index >= 15 is 0 Å². The molecule has 30 heavy (non-hydrogen) atoms. The topological polar surface area (TPSA) is 97.1 Å². The highest BCUT2D eigenvalue weighted by molar-refractivity contribution is 8.01. The molecule has 7 nitrogen and oxygen atoms in total. The van der Waals surface area contributed by atoms with Gasteiger partial charge in [-0.25, -0.2) is 4.98 Å². The molecule has 11 heteroatoms. The van der Waals surface area contributed by atoms with Gasteiger partial charge in [0.2, 0.25) is 11.8 Å². The smallest absolute Gasteiger partial charge is 0.238 e. The first-order chi connectivity index (χ1) is 14.3. The number of benzene rings is 1. The molecule has 0 radical (unpaired) electrons. The Morgan fingerprint density at radius 1 is 1.27 bits per heavy atom. The highest BCUT2D eigenvalue weighted by atomic mass is 35.5. The number of rotatable bonds is 8. The average molecular weight is 485 g/mol. The summed E-state index contributed by atoms with van der Waals surface area (Å²) in [6.45, 7) is 3.45. The Bertz CT molecular complexity index is 1050. The second kappa shape index (κ2) is 10.3. The molecule has 2 aromatic heterocycles. The molecule has 3 rings (SSSR count). The molecule has 2 N–H and O–H groups in total. The van der Waals surface area contributed by atoms with Crippen LogP contribution in [0.4, 0.5) is 10.9 Å². The van der Waals surface area contributed by atoms with Crippen LogP contribution < -0.4 is 10.6 Å². The summed E-state index contributed by atoms with van der Waals surface area (Å²) in [7, 11) is 0. The van der Waals surface area contributed by atoms with Crippen molar-refractivity contribution in [1.29, 1.82) is 0 Å². The van der Waals surface area contributed by atoms with Crippen LogP contribution in [0.1, 0.15) is 23.1 Å². The second-order valence-electron chi connectivity index (χ2n) is 6.36. The van der Waals surface area contributed by atoms with Gasteiger partial charge >= 0.3 is 0 Å². The molecule has 0 aliphatic rings. The Balaban J connectivity index is 1.47. The van der Waals surface area contributed by atoms with Crippen LogP contribution in [0.15, 0.2) is 35.0 Å². The maximum Gasteiger partial charge on any atom is 0.238 e. The fourth-order valence-corrected chi connectivity index (χ4v) is 4.31. The zero-order chi connectivity index (χ0) is 21.7. The Labute approximate surface area is 191 Å². The van der Waals surface area contributed by atoms with Gasteiger partial charge in [-0.3, -0.25) is 9.59 Å². The number of thioether (sulfide) groups is 1. The van der Waals surface area contributed by atoms with Gasteiger partial charge in [0.05, 0.1) is 11.0 Å². The summed E-state index contributed by atoms with van der Waals surface area (Å²) in [5.41, 5.74) is 0.892. The van der Waals surface area contributed by atoms with Crippen molar-refractivity contribution in [3.63, 3.8) is 0 Å². The summed E-state index contributed by atoms with van der Waals surface area (Å²) in [6.07, 6.45) is 2.26. The first-order valence-corrected chi connectivity index (χ1v) is 11.5. The maximum absolute atomic E-state index is 12.2. The predicted molar refractivity (Wildman–Crippen MR) is 122 cm³/mol. The van der Waals surface area contributed by atoms with Crippen LogP contribution in [0.2, 0.25) is 10.0 Å². The first-order valence-electron chi connectivity index (χ1n) is 8.84. The van der Waals surface area contributed by atoms with Gasteiger partial charge in [-0.05, 0) is 37.6 Å². The van der Waals surface area contributed by atoms with Gasteiger partial charge in [0.1, 0.15) is 5.76 Å². The Morgan fingerprint density at radius 3 is 2.80 bits per heavy atom. The number of hydrogen-bond acceptors (Lipinski definition) is 7. The van der Waals surface area contributed by atoms with Crippen molar-refractivity contribution in [2.75, 3.05) is 16.4 Å². The van der Waals surface area contributed by atoms with E-state index in [9.17, 15) is 9.59 Å². The number of nitrogens with zero attached hydrogens (tertiary/aromatic N) is 2. The Hall–Kier alpha value is -2.07. The molecular weight excluding hydrogens is 467 g/mol. The molecule has 0 spiro atoms. The third kappa shape index (κ3) is 6.46. The van der Waals surface area contributed by atoms with E-state index in [1.54, 1.807) is 38.2 Å². The first kappa shape index (κ1) is 22.6. The number of carbonyl (C=O) groups excluding carboxylic acids is 2. The van der Waals surface area contributed by atoms with Crippen molar-refractivity contribution in [1.82, 2.24) is 10.1 Å². The van der Waals surface area contributed by atoms with Crippen LogP contribution in [0.25, 0.3) is 0 Å². The molecule has 1 unspecified atom stereocenters. The van der Waals surface area contributed by atoms with Crippen LogP contribution in [0, 0.1) is 6.92 Å². The zero-order valence-corrected chi connectivity index (χ0v) is 19.2. The van der Waals surface area contributed by atoms with Crippen molar-refractivity contribution >= 4 is 69.1 Å². The molecule has 1 atom stereocenters. The standard InChI is InChI=1S/C19H18Cl2N4O3S2/c1-10-5-16(25-28-10)23-18(27)11(2)29-9-17(26)24-19-22-8-14(30-19)7-12-6-13(20)3-4-15(12)21/h3-6,8,11H,7,9H2,1-2H3,(H,22,24,26)(H,23,25,27). The van der Waals surface area contributed by atoms with Crippen molar-refractivity contribution < 1.29 is 14.1 Å². The number of thiazole rings is 1. The van der Waals surface area contributed by atoms with Gasteiger partial charge in [0.15, 0.2) is 10.9 Å². The van der Waals surface area contributed by atoms with Crippen LogP contribution >= 0.6 is 46.3 Å². The monoisotopic (exact) mass is 484 g/mol. The lowest BCUT2D eigenvalue weighted by Crippen LogP contribution is -2.25. The van der Waals surface area contributed by atoms with Crippen molar-refractivity contribution in [3.8, 4) is 0 Å². The molecular formula is C19H18Cl2N4O3S2. The number of hydrogen-bond donors (Lipinski definition) is 2. The highest BCUT2D eigenvalue weighted by Crippen LogP contribution is 2.27. The summed E-state index contributed by atoms with van der Waals surface area (Å²) < 4.78 is 4.91. The summed E-state index contributed by atoms with van der Waals surface area (Å²) in [4.78, 5) is 29.5. The SMILES string of the molecule is Cc1cc(NC(=O)C(C)SCC(=O)Nc2ncc(Cc3cc(Cl)ccc3Cl)s2)no1. The van der Waals surface area contributed by atoms with E-state index in [0.717, 1.165) is 10.4 Å². The molecule has 2 amide bonds. The number of nitrogens with one attached hydrogen (secondary N) is 2. The molecule has 0 fully saturated rings. The molecule has 1 aromatic carbocycles. The lowest BCUT2D eigenvalue weighted by atomic mass is 10.1. The molecule has 0 bridgehead atoms. The minimum Gasteiger partial charge on any atom is -0.360 e. The third-order valence-electron chi connectivity index (χ3n) is 3.89. The van der Waals surface area contributed by atoms with Crippen LogP contribution in [0.3, 0.4) is 0 Å². The fourth-order valence-electron chi connectivity index (χ4n) is 2.40. The second-order valence-corrected chi connectivity index (χ2v) is 9.65. The zero-order valence-electron chi connectivity index (χ0n) is 16.1. The molecule has 2 heterocycles. The quantitative estimate of drug-likeness (QED) is 0.464. The molecule has 0 aliphatic carbocycles. The van der Waals surface area contributed by atoms with E-state index in [0.29, 0.717) is 33.2 Å². The van der Waals surface area contributed by atoms with Crippen LogP contribution in [-0.2, 0) is 16.0 Å². The minimum absolute atomic E-state index is 0.113. The lowest BCUT2D eigenvalue weighted by Gasteiger charge is -2.09. The number of halogens is 2. The maximum atomic E-state index is 12.2. The van der Waals surface area contributed by atoms with E-state index in [1.807, 2.05) is 6.07 Å². The number of aromatic nitrogens is 2. The van der Waals surface area contributed by atoms with Crippen LogP contribution in [-0.4, -0.2) is 33.0 Å². The normalized spacial score (nSPS) is 11.9. The van der Waals surface area contributed by atoms with E-state index in [1.165, 1.54) is 23.1 Å². The Kier molecular flexibility index (Phi) is 7.76. The molecule has 0 saturated heterocycles.